The van der Waals surface area contributed by atoms with Crippen LogP contribution in [-0.2, 0) is 12.8 Å². The number of nitrogens with one attached hydrogen (secondary N) is 3. The molecule has 6 heteroatoms. The first-order chi connectivity index (χ1) is 13.5. The highest BCUT2D eigenvalue weighted by Gasteiger charge is 2.24. The van der Waals surface area contributed by atoms with Gasteiger partial charge in [0.1, 0.15) is 5.82 Å². The lowest BCUT2D eigenvalue weighted by Crippen LogP contribution is -2.44. The van der Waals surface area contributed by atoms with Gasteiger partial charge in [-0.1, -0.05) is 37.3 Å². The molecule has 3 rings (SSSR count). The van der Waals surface area contributed by atoms with E-state index in [0.717, 1.165) is 22.0 Å². The van der Waals surface area contributed by atoms with Gasteiger partial charge in [-0.2, -0.15) is 0 Å². The smallest absolute Gasteiger partial charge is 0.314 e. The summed E-state index contributed by atoms with van der Waals surface area (Å²) in [7, 11) is 0. The van der Waals surface area contributed by atoms with Gasteiger partial charge < -0.3 is 20.7 Å². The quantitative estimate of drug-likeness (QED) is 0.481. The van der Waals surface area contributed by atoms with Crippen LogP contribution in [0.1, 0.15) is 18.1 Å². The molecule has 148 valence electrons. The van der Waals surface area contributed by atoms with Crippen molar-refractivity contribution in [2.24, 2.45) is 5.41 Å². The Balaban J connectivity index is 1.47. The number of rotatable bonds is 8. The minimum absolute atomic E-state index is 0.0247. The summed E-state index contributed by atoms with van der Waals surface area (Å²) in [4.78, 5) is 15.2. The number of halogens is 1. The third-order valence-electron chi connectivity index (χ3n) is 4.94. The molecule has 1 aromatic heterocycles. The number of amides is 2. The van der Waals surface area contributed by atoms with E-state index >= 15 is 0 Å². The molecular formula is C22H26FN3O2. The van der Waals surface area contributed by atoms with Crippen molar-refractivity contribution in [1.82, 2.24) is 15.6 Å². The molecule has 0 radical (unpaired) electrons. The van der Waals surface area contributed by atoms with Crippen LogP contribution >= 0.6 is 0 Å². The van der Waals surface area contributed by atoms with Gasteiger partial charge >= 0.3 is 6.03 Å². The normalized spacial score (nSPS) is 13.2. The molecule has 3 aromatic rings. The maximum Gasteiger partial charge on any atom is 0.314 e. The molecule has 2 aromatic carbocycles. The van der Waals surface area contributed by atoms with E-state index < -0.39 is 5.41 Å². The van der Waals surface area contributed by atoms with Crippen LogP contribution in [0.15, 0.2) is 54.7 Å². The molecule has 0 unspecified atom stereocenters. The van der Waals surface area contributed by atoms with Crippen molar-refractivity contribution >= 4 is 16.9 Å². The Kier molecular flexibility index (Phi) is 6.31. The second kappa shape index (κ2) is 8.89. The van der Waals surface area contributed by atoms with E-state index in [1.165, 1.54) is 12.1 Å². The average Bonchev–Trinajstić information content (AvgIpc) is 3.09. The lowest BCUT2D eigenvalue weighted by molar-refractivity contribution is 0.140. The molecule has 2 amide bonds. The standard InChI is InChI=1S/C22H26FN3O2/c1-22(15-27,12-16-5-3-2-4-6-16)14-26-21(28)24-10-9-17-13-25-20-8-7-18(23)11-19(17)20/h2-8,11,13,25,27H,9-10,12,14-15H2,1H3,(H2,24,26,28)/t22-/m1/s1. The Hall–Kier alpha value is -2.86. The van der Waals surface area contributed by atoms with Crippen molar-refractivity contribution in [1.29, 1.82) is 0 Å². The summed E-state index contributed by atoms with van der Waals surface area (Å²) < 4.78 is 13.4. The topological polar surface area (TPSA) is 77.2 Å². The summed E-state index contributed by atoms with van der Waals surface area (Å²) in [6.07, 6.45) is 3.11. The van der Waals surface area contributed by atoms with E-state index in [-0.39, 0.29) is 18.5 Å². The van der Waals surface area contributed by atoms with Gasteiger partial charge in [-0.3, -0.25) is 0 Å². The number of carbonyl (C=O) groups excluding carboxylic acids is 1. The predicted octanol–water partition coefficient (Wildman–Crippen LogP) is 3.39. The van der Waals surface area contributed by atoms with Crippen molar-refractivity contribution in [3.8, 4) is 0 Å². The zero-order valence-electron chi connectivity index (χ0n) is 16.0. The largest absolute Gasteiger partial charge is 0.396 e. The Morgan fingerprint density at radius 2 is 1.96 bits per heavy atom. The SMILES string of the molecule is C[C@](CO)(CNC(=O)NCCc1c[nH]c2ccc(F)cc12)Cc1ccccc1. The van der Waals surface area contributed by atoms with Gasteiger partial charge in [-0.25, -0.2) is 9.18 Å². The monoisotopic (exact) mass is 383 g/mol. The number of fused-ring (bicyclic) bond motifs is 1. The number of aromatic amines is 1. The zero-order valence-corrected chi connectivity index (χ0v) is 16.0. The molecule has 0 aliphatic carbocycles. The number of hydrogen-bond donors (Lipinski definition) is 4. The van der Waals surface area contributed by atoms with E-state index in [2.05, 4.69) is 15.6 Å². The number of carbonyl (C=O) groups is 1. The molecule has 1 atom stereocenters. The number of aliphatic hydroxyl groups is 1. The van der Waals surface area contributed by atoms with Crippen LogP contribution in [0, 0.1) is 11.2 Å². The number of aliphatic hydroxyl groups excluding tert-OH is 1. The molecule has 0 aliphatic heterocycles. The van der Waals surface area contributed by atoms with Crippen LogP contribution in [0.2, 0.25) is 0 Å². The van der Waals surface area contributed by atoms with Crippen molar-refractivity contribution < 1.29 is 14.3 Å². The van der Waals surface area contributed by atoms with Crippen LogP contribution in [-0.4, -0.2) is 35.8 Å². The van der Waals surface area contributed by atoms with Crippen LogP contribution < -0.4 is 10.6 Å². The lowest BCUT2D eigenvalue weighted by atomic mass is 9.84. The molecule has 5 nitrogen and oxygen atoms in total. The first kappa shape index (κ1) is 19.9. The van der Waals surface area contributed by atoms with E-state index in [9.17, 15) is 14.3 Å². The number of urea groups is 1. The van der Waals surface area contributed by atoms with Crippen LogP contribution in [0.4, 0.5) is 9.18 Å². The number of benzene rings is 2. The molecule has 28 heavy (non-hydrogen) atoms. The van der Waals surface area contributed by atoms with E-state index in [1.807, 2.05) is 43.5 Å². The number of H-pyrrole nitrogens is 1. The van der Waals surface area contributed by atoms with Gasteiger partial charge in [0.2, 0.25) is 0 Å². The number of aromatic nitrogens is 1. The van der Waals surface area contributed by atoms with Gasteiger partial charge in [0, 0.05) is 35.6 Å². The minimum atomic E-state index is -0.437. The Bertz CT molecular complexity index is 926. The second-order valence-corrected chi connectivity index (χ2v) is 7.49. The van der Waals surface area contributed by atoms with Crippen LogP contribution in [0.3, 0.4) is 0 Å². The Morgan fingerprint density at radius 3 is 2.71 bits per heavy atom. The highest BCUT2D eigenvalue weighted by Crippen LogP contribution is 2.21. The third kappa shape index (κ3) is 5.10. The summed E-state index contributed by atoms with van der Waals surface area (Å²) >= 11 is 0. The molecule has 0 aliphatic rings. The van der Waals surface area contributed by atoms with Crippen LogP contribution in [0.25, 0.3) is 10.9 Å². The van der Waals surface area contributed by atoms with Gasteiger partial charge in [-0.15, -0.1) is 0 Å². The molecule has 0 bridgehead atoms. The fourth-order valence-corrected chi connectivity index (χ4v) is 3.29. The molecule has 0 spiro atoms. The maximum absolute atomic E-state index is 13.4. The van der Waals surface area contributed by atoms with E-state index in [0.29, 0.717) is 25.9 Å². The van der Waals surface area contributed by atoms with Crippen molar-refractivity contribution in [3.63, 3.8) is 0 Å². The highest BCUT2D eigenvalue weighted by molar-refractivity contribution is 5.83. The van der Waals surface area contributed by atoms with Gasteiger partial charge in [-0.05, 0) is 42.2 Å². The Morgan fingerprint density at radius 1 is 1.18 bits per heavy atom. The van der Waals surface area contributed by atoms with E-state index in [4.69, 9.17) is 0 Å². The first-order valence-electron chi connectivity index (χ1n) is 9.41. The third-order valence-corrected chi connectivity index (χ3v) is 4.94. The molecule has 0 saturated heterocycles. The van der Waals surface area contributed by atoms with Gasteiger partial charge in [0.15, 0.2) is 0 Å². The summed E-state index contributed by atoms with van der Waals surface area (Å²) in [5, 5.41) is 16.3. The summed E-state index contributed by atoms with van der Waals surface area (Å²) in [6, 6.07) is 14.2. The van der Waals surface area contributed by atoms with Crippen molar-refractivity contribution in [3.05, 3.63) is 71.7 Å². The molecule has 4 N–H and O–H groups in total. The highest BCUT2D eigenvalue weighted by atomic mass is 19.1. The summed E-state index contributed by atoms with van der Waals surface area (Å²) in [5.74, 6) is -0.277. The van der Waals surface area contributed by atoms with Gasteiger partial charge in [0.25, 0.3) is 0 Å². The summed E-state index contributed by atoms with van der Waals surface area (Å²) in [5.41, 5.74) is 2.51. The van der Waals surface area contributed by atoms with Crippen LogP contribution in [0.5, 0.6) is 0 Å². The molecule has 1 heterocycles. The van der Waals surface area contributed by atoms with E-state index in [1.54, 1.807) is 6.07 Å². The predicted molar refractivity (Wildman–Crippen MR) is 109 cm³/mol. The maximum atomic E-state index is 13.4. The van der Waals surface area contributed by atoms with Gasteiger partial charge in [0.05, 0.1) is 6.61 Å². The average molecular weight is 383 g/mol. The molecule has 0 fully saturated rings. The Labute approximate surface area is 164 Å². The van der Waals surface area contributed by atoms with Crippen molar-refractivity contribution in [2.75, 3.05) is 19.7 Å². The number of hydrogen-bond acceptors (Lipinski definition) is 2. The first-order valence-corrected chi connectivity index (χ1v) is 9.41. The fourth-order valence-electron chi connectivity index (χ4n) is 3.29. The minimum Gasteiger partial charge on any atom is -0.396 e. The second-order valence-electron chi connectivity index (χ2n) is 7.49. The van der Waals surface area contributed by atoms with Crippen molar-refractivity contribution in [2.45, 2.75) is 19.8 Å². The fraction of sp³-hybridized carbons (Fsp3) is 0.318. The lowest BCUT2D eigenvalue weighted by Gasteiger charge is -2.27. The molecular weight excluding hydrogens is 357 g/mol. The summed E-state index contributed by atoms with van der Waals surface area (Å²) in [6.45, 7) is 2.72. The zero-order chi connectivity index (χ0) is 20.0. The molecule has 0 saturated carbocycles.